The number of hydrogen-bond acceptors (Lipinski definition) is 1. The van der Waals surface area contributed by atoms with E-state index in [1.54, 1.807) is 24.3 Å². The van der Waals surface area contributed by atoms with Crippen molar-refractivity contribution in [3.05, 3.63) is 71.3 Å². The molecule has 0 N–H and O–H groups in total. The van der Waals surface area contributed by atoms with E-state index in [9.17, 15) is 22.4 Å². The van der Waals surface area contributed by atoms with E-state index in [0.717, 1.165) is 17.7 Å². The zero-order valence-corrected chi connectivity index (χ0v) is 13.8. The van der Waals surface area contributed by atoms with Gasteiger partial charge in [-0.15, -0.1) is 0 Å². The number of nitrogens with zero attached hydrogens (tertiary/aromatic N) is 1. The minimum Gasteiger partial charge on any atom is -0.323 e. The van der Waals surface area contributed by atoms with E-state index in [-0.39, 0.29) is 6.54 Å². The first kappa shape index (κ1) is 17.0. The maximum atomic E-state index is 14.5. The summed E-state index contributed by atoms with van der Waals surface area (Å²) >= 11 is 2.76. The molecule has 2 aromatic rings. The van der Waals surface area contributed by atoms with Crippen LogP contribution in [-0.4, -0.2) is 15.4 Å². The average molecular weight is 402 g/mol. The highest BCUT2D eigenvalue weighted by Crippen LogP contribution is 2.51. The number of benzene rings is 2. The van der Waals surface area contributed by atoms with Gasteiger partial charge in [-0.05, 0) is 39.2 Å². The zero-order valence-electron chi connectivity index (χ0n) is 12.2. The van der Waals surface area contributed by atoms with Crippen LogP contribution in [0.3, 0.4) is 0 Å². The maximum absolute atomic E-state index is 14.5. The third-order valence-corrected chi connectivity index (χ3v) is 4.72. The van der Waals surface area contributed by atoms with Crippen molar-refractivity contribution >= 4 is 21.8 Å². The van der Waals surface area contributed by atoms with Crippen molar-refractivity contribution in [1.82, 2.24) is 4.90 Å². The molecule has 0 aromatic heterocycles. The van der Waals surface area contributed by atoms with E-state index >= 15 is 0 Å². The molecule has 126 valence electrons. The fourth-order valence-corrected chi connectivity index (χ4v) is 3.48. The second-order valence-corrected chi connectivity index (χ2v) is 6.72. The summed E-state index contributed by atoms with van der Waals surface area (Å²) in [5.74, 6) is -0.740. The zero-order chi connectivity index (χ0) is 17.5. The lowest BCUT2D eigenvalue weighted by molar-refractivity contribution is -0.164. The Bertz CT molecular complexity index is 743. The van der Waals surface area contributed by atoms with Gasteiger partial charge < -0.3 is 4.90 Å². The molecule has 1 aliphatic rings. The van der Waals surface area contributed by atoms with Crippen molar-refractivity contribution < 1.29 is 22.4 Å². The first-order chi connectivity index (χ1) is 11.2. The minimum atomic E-state index is -4.46. The summed E-state index contributed by atoms with van der Waals surface area (Å²) in [6.07, 6.45) is -4.46. The third-order valence-electron chi connectivity index (χ3n) is 3.95. The predicted molar refractivity (Wildman–Crippen MR) is 83.9 cm³/mol. The Kier molecular flexibility index (Phi) is 4.15. The van der Waals surface area contributed by atoms with Gasteiger partial charge in [-0.1, -0.05) is 42.5 Å². The lowest BCUT2D eigenvalue weighted by atomic mass is 9.90. The SMILES string of the molecule is O=C1N(Cc2ccccc2)[C@H](c2ccc(C(F)(F)F)cc2)[C@]1(F)Br. The Morgan fingerprint density at radius 3 is 2.17 bits per heavy atom. The smallest absolute Gasteiger partial charge is 0.323 e. The predicted octanol–water partition coefficient (Wildman–Crippen LogP) is 4.85. The van der Waals surface area contributed by atoms with Crippen LogP contribution in [0.25, 0.3) is 0 Å². The van der Waals surface area contributed by atoms with E-state index in [0.29, 0.717) is 5.56 Å². The van der Waals surface area contributed by atoms with Gasteiger partial charge in [-0.3, -0.25) is 4.79 Å². The number of alkyl halides is 5. The van der Waals surface area contributed by atoms with Gasteiger partial charge in [0.25, 0.3) is 10.5 Å². The standard InChI is InChI=1S/C17H12BrF4NO/c18-16(19)14(12-6-8-13(9-7-12)17(20,21)22)23(15(16)24)10-11-4-2-1-3-5-11/h1-9,14H,10H2/t14-,16-/m1/s1. The Balaban J connectivity index is 1.87. The molecule has 1 fully saturated rings. The van der Waals surface area contributed by atoms with Crippen LogP contribution in [0, 0.1) is 0 Å². The molecular weight excluding hydrogens is 390 g/mol. The number of carbonyl (C=O) groups is 1. The summed E-state index contributed by atoms with van der Waals surface area (Å²) in [7, 11) is 0. The third kappa shape index (κ3) is 2.92. The second kappa shape index (κ2) is 5.88. The first-order valence-corrected chi connectivity index (χ1v) is 7.90. The number of β-lactam (4-membered cyclic amide) rings is 1. The quantitative estimate of drug-likeness (QED) is 0.409. The molecule has 3 rings (SSSR count). The van der Waals surface area contributed by atoms with Gasteiger partial charge in [0.1, 0.15) is 6.04 Å². The minimum absolute atomic E-state index is 0.183. The molecule has 7 heteroatoms. The summed E-state index contributed by atoms with van der Waals surface area (Å²) < 4.78 is 50.2. The van der Waals surface area contributed by atoms with E-state index in [2.05, 4.69) is 15.9 Å². The largest absolute Gasteiger partial charge is 0.416 e. The van der Waals surface area contributed by atoms with Gasteiger partial charge in [0.2, 0.25) is 0 Å². The van der Waals surface area contributed by atoms with Gasteiger partial charge in [0.05, 0.1) is 5.56 Å². The van der Waals surface area contributed by atoms with Crippen LogP contribution >= 0.6 is 15.9 Å². The van der Waals surface area contributed by atoms with Crippen LogP contribution in [0.15, 0.2) is 54.6 Å². The topological polar surface area (TPSA) is 20.3 Å². The summed E-state index contributed by atoms with van der Waals surface area (Å²) in [4.78, 5) is 13.3. The van der Waals surface area contributed by atoms with Crippen molar-refractivity contribution in [1.29, 1.82) is 0 Å². The van der Waals surface area contributed by atoms with Gasteiger partial charge in [0.15, 0.2) is 0 Å². The molecule has 1 aliphatic heterocycles. The second-order valence-electron chi connectivity index (χ2n) is 5.56. The van der Waals surface area contributed by atoms with E-state index in [1.165, 1.54) is 17.0 Å². The van der Waals surface area contributed by atoms with E-state index < -0.39 is 28.3 Å². The lowest BCUT2D eigenvalue weighted by Crippen LogP contribution is -2.62. The molecule has 2 aromatic carbocycles. The van der Waals surface area contributed by atoms with Crippen molar-refractivity contribution in [3.8, 4) is 0 Å². The lowest BCUT2D eigenvalue weighted by Gasteiger charge is -2.48. The van der Waals surface area contributed by atoms with Crippen LogP contribution in [0.5, 0.6) is 0 Å². The van der Waals surface area contributed by atoms with Crippen molar-refractivity contribution in [2.24, 2.45) is 0 Å². The molecule has 1 saturated heterocycles. The maximum Gasteiger partial charge on any atom is 0.416 e. The van der Waals surface area contributed by atoms with Crippen molar-refractivity contribution in [2.75, 3.05) is 0 Å². The molecule has 0 saturated carbocycles. The molecule has 0 spiro atoms. The first-order valence-electron chi connectivity index (χ1n) is 7.11. The number of amides is 1. The van der Waals surface area contributed by atoms with Crippen LogP contribution in [0.2, 0.25) is 0 Å². The highest BCUT2D eigenvalue weighted by Gasteiger charge is 2.61. The van der Waals surface area contributed by atoms with E-state index in [1.807, 2.05) is 6.07 Å². The Morgan fingerprint density at radius 2 is 1.62 bits per heavy atom. The molecule has 2 atom stereocenters. The Hall–Kier alpha value is -1.89. The molecule has 2 nitrogen and oxygen atoms in total. The summed E-state index contributed by atoms with van der Waals surface area (Å²) in [5, 5.41) is 0. The molecule has 1 heterocycles. The molecule has 0 radical (unpaired) electrons. The molecule has 0 unspecified atom stereocenters. The Morgan fingerprint density at radius 1 is 1.04 bits per heavy atom. The van der Waals surface area contributed by atoms with Crippen LogP contribution in [-0.2, 0) is 17.5 Å². The number of hydrogen-bond donors (Lipinski definition) is 0. The number of halogens is 5. The van der Waals surface area contributed by atoms with Crippen LogP contribution in [0.4, 0.5) is 17.6 Å². The Labute approximate surface area is 144 Å². The van der Waals surface area contributed by atoms with Crippen LogP contribution in [0.1, 0.15) is 22.7 Å². The highest BCUT2D eigenvalue weighted by molar-refractivity contribution is 9.10. The number of rotatable bonds is 3. The fraction of sp³-hybridized carbons (Fsp3) is 0.235. The van der Waals surface area contributed by atoms with E-state index in [4.69, 9.17) is 0 Å². The van der Waals surface area contributed by atoms with Crippen molar-refractivity contribution in [2.45, 2.75) is 23.3 Å². The number of likely N-dealkylation sites (tertiary alicyclic amines) is 1. The monoisotopic (exact) mass is 401 g/mol. The van der Waals surface area contributed by atoms with Gasteiger partial charge in [-0.2, -0.15) is 13.2 Å². The highest BCUT2D eigenvalue weighted by atomic mass is 79.9. The van der Waals surface area contributed by atoms with Gasteiger partial charge in [0, 0.05) is 6.54 Å². The normalized spacial score (nSPS) is 24.0. The molecule has 1 amide bonds. The van der Waals surface area contributed by atoms with Gasteiger partial charge in [-0.25, -0.2) is 4.39 Å². The number of carbonyl (C=O) groups excluding carboxylic acids is 1. The van der Waals surface area contributed by atoms with Crippen LogP contribution < -0.4 is 0 Å². The summed E-state index contributed by atoms with van der Waals surface area (Å²) in [6, 6.07) is 12.2. The fourth-order valence-electron chi connectivity index (χ4n) is 2.74. The molecule has 0 aliphatic carbocycles. The summed E-state index contributed by atoms with van der Waals surface area (Å²) in [5.41, 5.74) is 0.300. The van der Waals surface area contributed by atoms with Gasteiger partial charge >= 0.3 is 6.18 Å². The summed E-state index contributed by atoms with van der Waals surface area (Å²) in [6.45, 7) is 0.183. The van der Waals surface area contributed by atoms with Crippen molar-refractivity contribution in [3.63, 3.8) is 0 Å². The molecule has 0 bridgehead atoms. The average Bonchev–Trinajstić information content (AvgIpc) is 2.54. The molecule has 24 heavy (non-hydrogen) atoms. The molecular formula is C17H12BrF4NO.